The van der Waals surface area contributed by atoms with E-state index in [0.29, 0.717) is 38.0 Å². The Morgan fingerprint density at radius 1 is 1.08 bits per heavy atom. The van der Waals surface area contributed by atoms with E-state index in [-0.39, 0.29) is 5.92 Å². The summed E-state index contributed by atoms with van der Waals surface area (Å²) in [6, 6.07) is -2.51. The van der Waals surface area contributed by atoms with Crippen molar-refractivity contribution in [2.75, 3.05) is 18.6 Å². The van der Waals surface area contributed by atoms with E-state index < -0.39 is 35.9 Å². The molecule has 4 unspecified atom stereocenters. The fourth-order valence-corrected chi connectivity index (χ4v) is 2.78. The van der Waals surface area contributed by atoms with Crippen LogP contribution in [0.4, 0.5) is 0 Å². The van der Waals surface area contributed by atoms with Crippen molar-refractivity contribution in [1.29, 1.82) is 0 Å². The lowest BCUT2D eigenvalue weighted by atomic mass is 9.98. The van der Waals surface area contributed by atoms with Crippen molar-refractivity contribution in [3.63, 3.8) is 0 Å². The third-order valence-corrected chi connectivity index (χ3v) is 5.01. The molecule has 0 aliphatic heterocycles. The molecule has 4 atom stereocenters. The minimum Gasteiger partial charge on any atom is -0.480 e. The number of hydrogen-bond donors (Lipinski definition) is 5. The third kappa shape index (κ3) is 9.40. The molecule has 0 bridgehead atoms. The van der Waals surface area contributed by atoms with Crippen molar-refractivity contribution in [2.24, 2.45) is 17.4 Å². The maximum absolute atomic E-state index is 12.5. The number of nitrogens with two attached hydrogens (primary N) is 2. The number of amides is 2. The zero-order valence-electron chi connectivity index (χ0n) is 16.0. The van der Waals surface area contributed by atoms with Gasteiger partial charge >= 0.3 is 5.97 Å². The summed E-state index contributed by atoms with van der Waals surface area (Å²) in [5, 5.41) is 14.5. The number of aliphatic carboxylic acids is 1. The first kappa shape index (κ1) is 24.7. The van der Waals surface area contributed by atoms with Gasteiger partial charge in [0.25, 0.3) is 0 Å². The first-order valence-electron chi connectivity index (χ1n) is 9.06. The Morgan fingerprint density at radius 3 is 2.19 bits per heavy atom. The van der Waals surface area contributed by atoms with Crippen molar-refractivity contribution >= 4 is 29.5 Å². The van der Waals surface area contributed by atoms with Crippen LogP contribution < -0.4 is 22.1 Å². The van der Waals surface area contributed by atoms with Gasteiger partial charge < -0.3 is 27.2 Å². The van der Waals surface area contributed by atoms with Gasteiger partial charge in [-0.1, -0.05) is 20.3 Å². The van der Waals surface area contributed by atoms with Gasteiger partial charge in [0.2, 0.25) is 11.8 Å². The quantitative estimate of drug-likeness (QED) is 0.268. The number of carboxylic acids is 1. The van der Waals surface area contributed by atoms with E-state index in [1.165, 1.54) is 11.8 Å². The molecule has 0 radical (unpaired) electrons. The van der Waals surface area contributed by atoms with Crippen LogP contribution >= 0.6 is 11.8 Å². The summed E-state index contributed by atoms with van der Waals surface area (Å²) in [6.45, 7) is 4.29. The van der Waals surface area contributed by atoms with Gasteiger partial charge in [-0.05, 0) is 50.2 Å². The normalized spacial score (nSPS) is 15.6. The Kier molecular flexibility index (Phi) is 13.1. The zero-order valence-corrected chi connectivity index (χ0v) is 16.8. The van der Waals surface area contributed by atoms with Crippen molar-refractivity contribution in [3.05, 3.63) is 0 Å². The van der Waals surface area contributed by atoms with Gasteiger partial charge in [0.05, 0.1) is 6.04 Å². The van der Waals surface area contributed by atoms with E-state index in [4.69, 9.17) is 11.5 Å². The zero-order chi connectivity index (χ0) is 20.1. The molecule has 0 aliphatic rings. The number of nitrogens with one attached hydrogen (secondary N) is 2. The smallest absolute Gasteiger partial charge is 0.326 e. The topological polar surface area (TPSA) is 148 Å². The summed E-state index contributed by atoms with van der Waals surface area (Å²) in [7, 11) is 0. The SMILES string of the molecule is CCC(C)C(N)C(=O)NC(CCCCN)C(=O)NC(CCSC)C(=O)O. The van der Waals surface area contributed by atoms with E-state index >= 15 is 0 Å². The summed E-state index contributed by atoms with van der Waals surface area (Å²) < 4.78 is 0. The highest BCUT2D eigenvalue weighted by Gasteiger charge is 2.28. The highest BCUT2D eigenvalue weighted by atomic mass is 32.2. The summed E-state index contributed by atoms with van der Waals surface area (Å²) in [4.78, 5) is 36.2. The van der Waals surface area contributed by atoms with E-state index in [0.717, 1.165) is 6.42 Å². The largest absolute Gasteiger partial charge is 0.480 e. The second-order valence-electron chi connectivity index (χ2n) is 6.44. The molecule has 9 heteroatoms. The fraction of sp³-hybridized carbons (Fsp3) is 0.824. The number of thioether (sulfide) groups is 1. The number of carbonyl (C=O) groups excluding carboxylic acids is 2. The van der Waals surface area contributed by atoms with E-state index in [9.17, 15) is 19.5 Å². The third-order valence-electron chi connectivity index (χ3n) is 4.36. The van der Waals surface area contributed by atoms with Gasteiger partial charge in [-0.15, -0.1) is 0 Å². The van der Waals surface area contributed by atoms with E-state index in [1.54, 1.807) is 0 Å². The van der Waals surface area contributed by atoms with Crippen LogP contribution in [0.1, 0.15) is 46.0 Å². The molecule has 0 spiro atoms. The highest BCUT2D eigenvalue weighted by molar-refractivity contribution is 7.98. The number of unbranched alkanes of at least 4 members (excludes halogenated alkanes) is 1. The van der Waals surface area contributed by atoms with E-state index in [1.807, 2.05) is 20.1 Å². The highest BCUT2D eigenvalue weighted by Crippen LogP contribution is 2.08. The Balaban J connectivity index is 4.99. The average molecular weight is 391 g/mol. The van der Waals surface area contributed by atoms with Crippen LogP contribution in [0, 0.1) is 5.92 Å². The van der Waals surface area contributed by atoms with Gasteiger partial charge in [-0.3, -0.25) is 9.59 Å². The van der Waals surface area contributed by atoms with Crippen molar-refractivity contribution in [2.45, 2.75) is 64.1 Å². The molecule has 0 saturated heterocycles. The van der Waals surface area contributed by atoms with Crippen LogP contribution in [0.2, 0.25) is 0 Å². The number of rotatable bonds is 14. The first-order valence-corrected chi connectivity index (χ1v) is 10.5. The lowest BCUT2D eigenvalue weighted by Crippen LogP contribution is -2.55. The molecule has 7 N–H and O–H groups in total. The van der Waals surface area contributed by atoms with Crippen molar-refractivity contribution in [3.8, 4) is 0 Å². The number of carboxylic acid groups (broad SMARTS) is 1. The minimum absolute atomic E-state index is 0.0175. The molecule has 0 saturated carbocycles. The first-order chi connectivity index (χ1) is 12.3. The molecule has 0 rings (SSSR count). The van der Waals surface area contributed by atoms with Crippen LogP contribution in [0.15, 0.2) is 0 Å². The summed E-state index contributed by atoms with van der Waals surface area (Å²) in [5.74, 6) is -1.39. The van der Waals surface area contributed by atoms with Gasteiger partial charge in [-0.2, -0.15) is 11.8 Å². The molecular weight excluding hydrogens is 356 g/mol. The number of carbonyl (C=O) groups is 3. The maximum atomic E-state index is 12.5. The van der Waals surface area contributed by atoms with E-state index in [2.05, 4.69) is 10.6 Å². The average Bonchev–Trinajstić information content (AvgIpc) is 2.62. The molecule has 0 aliphatic carbocycles. The minimum atomic E-state index is -1.09. The second kappa shape index (κ2) is 13.8. The number of hydrogen-bond acceptors (Lipinski definition) is 6. The summed E-state index contributed by atoms with van der Waals surface area (Å²) in [5.41, 5.74) is 11.4. The molecule has 0 aromatic heterocycles. The molecule has 152 valence electrons. The lowest BCUT2D eigenvalue weighted by molar-refractivity contribution is -0.142. The maximum Gasteiger partial charge on any atom is 0.326 e. The van der Waals surface area contributed by atoms with Gasteiger partial charge in [-0.25, -0.2) is 4.79 Å². The van der Waals surface area contributed by atoms with Crippen LogP contribution in [-0.2, 0) is 14.4 Å². The van der Waals surface area contributed by atoms with Gasteiger partial charge in [0.15, 0.2) is 0 Å². The van der Waals surface area contributed by atoms with Crippen LogP contribution in [0.25, 0.3) is 0 Å². The molecule has 8 nitrogen and oxygen atoms in total. The standard InChI is InChI=1S/C17H34N4O4S/c1-4-11(2)14(19)16(23)20-12(7-5-6-9-18)15(22)21-13(17(24)25)8-10-26-3/h11-14H,4-10,18-19H2,1-3H3,(H,20,23)(H,21,22)(H,24,25). The molecule has 2 amide bonds. The molecule has 26 heavy (non-hydrogen) atoms. The van der Waals surface area contributed by atoms with Crippen molar-refractivity contribution < 1.29 is 19.5 Å². The molecule has 0 aromatic rings. The Hall–Kier alpha value is -1.32. The van der Waals surface area contributed by atoms with Crippen LogP contribution in [0.3, 0.4) is 0 Å². The summed E-state index contributed by atoms with van der Waals surface area (Å²) >= 11 is 1.51. The predicted molar refractivity (Wildman–Crippen MR) is 105 cm³/mol. The molecule has 0 heterocycles. The molecule has 0 fully saturated rings. The Bertz CT molecular complexity index is 450. The molecule has 0 aromatic carbocycles. The second-order valence-corrected chi connectivity index (χ2v) is 7.42. The monoisotopic (exact) mass is 390 g/mol. The lowest BCUT2D eigenvalue weighted by Gasteiger charge is -2.24. The fourth-order valence-electron chi connectivity index (χ4n) is 2.31. The van der Waals surface area contributed by atoms with Crippen LogP contribution in [-0.4, -0.2) is 59.6 Å². The van der Waals surface area contributed by atoms with Gasteiger partial charge in [0, 0.05) is 0 Å². The Morgan fingerprint density at radius 2 is 1.69 bits per heavy atom. The van der Waals surface area contributed by atoms with Crippen LogP contribution in [0.5, 0.6) is 0 Å². The predicted octanol–water partition coefficient (Wildman–Crippen LogP) is 0.296. The Labute approximate surface area is 160 Å². The molecular formula is C17H34N4O4S. The van der Waals surface area contributed by atoms with Crippen molar-refractivity contribution in [1.82, 2.24) is 10.6 Å². The van der Waals surface area contributed by atoms with Gasteiger partial charge in [0.1, 0.15) is 12.1 Å². The summed E-state index contributed by atoms with van der Waals surface area (Å²) in [6.07, 6.45) is 4.68.